The van der Waals surface area contributed by atoms with Gasteiger partial charge in [0, 0.05) is 31.3 Å². The summed E-state index contributed by atoms with van der Waals surface area (Å²) < 4.78 is 23.7. The van der Waals surface area contributed by atoms with Gasteiger partial charge in [0.2, 0.25) is 12.2 Å². The molecule has 1 aliphatic carbocycles. The van der Waals surface area contributed by atoms with E-state index < -0.39 is 72.0 Å². The average molecular weight is 595 g/mol. The highest BCUT2D eigenvalue weighted by atomic mass is 16.7. The molecule has 0 bridgehead atoms. The van der Waals surface area contributed by atoms with Crippen molar-refractivity contribution in [3.8, 4) is 0 Å². The lowest BCUT2D eigenvalue weighted by molar-refractivity contribution is -0.235. The van der Waals surface area contributed by atoms with Gasteiger partial charge in [-0.1, -0.05) is 27.7 Å². The molecule has 1 saturated heterocycles. The normalized spacial score (nSPS) is 34.3. The summed E-state index contributed by atoms with van der Waals surface area (Å²) in [4.78, 5) is 51.6. The summed E-state index contributed by atoms with van der Waals surface area (Å²) in [7, 11) is 1.26. The second kappa shape index (κ2) is 12.7. The number of carbonyl (C=O) groups is 2. The number of methoxy groups -OCH3 is 1. The number of nitrogens with zero attached hydrogens (tertiary/aromatic N) is 1. The van der Waals surface area contributed by atoms with E-state index in [0.29, 0.717) is 5.92 Å². The second-order valence-corrected chi connectivity index (χ2v) is 12.4. The fourth-order valence-corrected chi connectivity index (χ4v) is 5.92. The summed E-state index contributed by atoms with van der Waals surface area (Å²) in [6.45, 7) is 8.33. The molecule has 4 rings (SSSR count). The zero-order valence-electron chi connectivity index (χ0n) is 24.5. The van der Waals surface area contributed by atoms with Crippen LogP contribution >= 0.6 is 0 Å². The Labute approximate surface area is 243 Å². The first-order chi connectivity index (χ1) is 19.7. The van der Waals surface area contributed by atoms with Gasteiger partial charge in [0.15, 0.2) is 18.1 Å². The number of nitrogens with one attached hydrogen (secondary N) is 2. The minimum atomic E-state index is -1.63. The van der Waals surface area contributed by atoms with E-state index >= 15 is 0 Å². The molecular weight excluding hydrogens is 552 g/mol. The van der Waals surface area contributed by atoms with Crippen molar-refractivity contribution >= 4 is 11.8 Å². The van der Waals surface area contributed by atoms with Crippen molar-refractivity contribution in [2.45, 2.75) is 102 Å². The minimum absolute atomic E-state index is 0.0235. The number of H-pyrrole nitrogens is 1. The van der Waals surface area contributed by atoms with Gasteiger partial charge in [-0.2, -0.15) is 0 Å². The van der Waals surface area contributed by atoms with Crippen LogP contribution in [0.1, 0.15) is 59.6 Å². The molecule has 2 fully saturated rings. The van der Waals surface area contributed by atoms with Crippen LogP contribution in [0.2, 0.25) is 0 Å². The van der Waals surface area contributed by atoms with E-state index in [0.717, 1.165) is 42.5 Å². The molecular formula is C28H42N4O10. The number of carbonyl (C=O) groups excluding carboxylic acids is 2. The predicted molar refractivity (Wildman–Crippen MR) is 148 cm³/mol. The highest BCUT2D eigenvalue weighted by Crippen LogP contribution is 2.38. The molecule has 1 saturated carbocycles. The highest BCUT2D eigenvalue weighted by molar-refractivity contribution is 5.91. The van der Waals surface area contributed by atoms with Crippen molar-refractivity contribution in [2.75, 3.05) is 7.11 Å². The summed E-state index contributed by atoms with van der Waals surface area (Å²) in [6.07, 6.45) is -3.50. The van der Waals surface area contributed by atoms with E-state index in [2.05, 4.69) is 31.1 Å². The van der Waals surface area contributed by atoms with Crippen LogP contribution < -0.4 is 22.3 Å². The number of aromatic amines is 1. The van der Waals surface area contributed by atoms with Gasteiger partial charge in [-0.25, -0.2) is 4.79 Å². The number of hydrogen-bond acceptors (Lipinski definition) is 10. The Morgan fingerprint density at radius 3 is 2.40 bits per heavy atom. The highest BCUT2D eigenvalue weighted by Gasteiger charge is 2.52. The van der Waals surface area contributed by atoms with Crippen molar-refractivity contribution in [2.24, 2.45) is 23.0 Å². The molecule has 0 unspecified atom stereocenters. The molecule has 8 atom stereocenters. The molecule has 234 valence electrons. The van der Waals surface area contributed by atoms with Crippen LogP contribution in [-0.2, 0) is 28.5 Å². The van der Waals surface area contributed by atoms with Gasteiger partial charge in [0.25, 0.3) is 11.5 Å². The summed E-state index contributed by atoms with van der Waals surface area (Å²) in [5, 5.41) is 24.7. The number of amides is 2. The Bertz CT molecular complexity index is 1280. The van der Waals surface area contributed by atoms with E-state index in [9.17, 15) is 29.4 Å². The molecule has 6 N–H and O–H groups in total. The third-order valence-electron chi connectivity index (χ3n) is 8.49. The maximum Gasteiger partial charge on any atom is 0.330 e. The number of hydrogen-bond donors (Lipinski definition) is 5. The maximum atomic E-state index is 13.1. The number of rotatable bonds is 8. The van der Waals surface area contributed by atoms with Gasteiger partial charge in [-0.05, 0) is 43.1 Å². The second-order valence-electron chi connectivity index (χ2n) is 12.4. The molecule has 2 aliphatic heterocycles. The Balaban J connectivity index is 1.47. The van der Waals surface area contributed by atoms with E-state index in [1.54, 1.807) is 6.92 Å². The van der Waals surface area contributed by atoms with Gasteiger partial charge >= 0.3 is 5.69 Å². The Morgan fingerprint density at radius 2 is 1.83 bits per heavy atom. The molecule has 14 heteroatoms. The van der Waals surface area contributed by atoms with E-state index in [-0.39, 0.29) is 17.2 Å². The molecule has 3 aliphatic rings. The number of nitrogens with two attached hydrogens (primary N) is 1. The van der Waals surface area contributed by atoms with Gasteiger partial charge in [-0.3, -0.25) is 23.9 Å². The zero-order chi connectivity index (χ0) is 30.9. The molecule has 1 aromatic rings. The van der Waals surface area contributed by atoms with Gasteiger partial charge in [-0.15, -0.1) is 0 Å². The number of ether oxygens (including phenoxy) is 4. The van der Waals surface area contributed by atoms with E-state index in [1.807, 2.05) is 0 Å². The van der Waals surface area contributed by atoms with Crippen LogP contribution in [0.25, 0.3) is 0 Å². The molecule has 0 radical (unpaired) electrons. The van der Waals surface area contributed by atoms with Crippen LogP contribution in [0.3, 0.4) is 0 Å². The molecule has 0 aromatic carbocycles. The minimum Gasteiger partial charge on any atom is -0.457 e. The fourth-order valence-electron chi connectivity index (χ4n) is 5.92. The Hall–Kier alpha value is -3.04. The molecule has 42 heavy (non-hydrogen) atoms. The first-order valence-corrected chi connectivity index (χ1v) is 14.2. The van der Waals surface area contributed by atoms with E-state index in [1.165, 1.54) is 13.2 Å². The van der Waals surface area contributed by atoms with Crippen LogP contribution in [0.5, 0.6) is 0 Å². The average Bonchev–Trinajstić information content (AvgIpc) is 3.24. The van der Waals surface area contributed by atoms with Crippen molar-refractivity contribution in [3.05, 3.63) is 44.9 Å². The van der Waals surface area contributed by atoms with Crippen LogP contribution in [0.4, 0.5) is 0 Å². The number of aromatic nitrogens is 2. The van der Waals surface area contributed by atoms with Crippen molar-refractivity contribution in [1.29, 1.82) is 0 Å². The fraction of sp³-hybridized carbons (Fsp3) is 0.714. The Morgan fingerprint density at radius 1 is 1.17 bits per heavy atom. The largest absolute Gasteiger partial charge is 0.457 e. The molecule has 3 heterocycles. The summed E-state index contributed by atoms with van der Waals surface area (Å²) in [5.41, 5.74) is 4.34. The smallest absolute Gasteiger partial charge is 0.330 e. The van der Waals surface area contributed by atoms with Crippen molar-refractivity contribution in [3.63, 3.8) is 0 Å². The predicted octanol–water partition coefficient (Wildman–Crippen LogP) is -0.361. The lowest BCUT2D eigenvalue weighted by Crippen LogP contribution is -2.53. The number of aliphatic hydroxyl groups excluding tert-OH is 2. The van der Waals surface area contributed by atoms with E-state index in [4.69, 9.17) is 24.7 Å². The number of aliphatic hydroxyl groups is 2. The SMILES string of the molecule is CO[C@H]1[C@@H](O)[C@H](n2ccc(=O)[nH]c2=O)O[C@@H]1[C@@H](O[C@H]1OC(C(=O)NC2CCC(C(C)(C)C)CC2)=C[C@H](C)[C@@H]1O)C(N)=O. The summed E-state index contributed by atoms with van der Waals surface area (Å²) >= 11 is 0. The van der Waals surface area contributed by atoms with Crippen molar-refractivity contribution in [1.82, 2.24) is 14.9 Å². The Kier molecular flexibility index (Phi) is 9.62. The zero-order valence-corrected chi connectivity index (χ0v) is 24.5. The van der Waals surface area contributed by atoms with Gasteiger partial charge in [0.1, 0.15) is 24.4 Å². The molecule has 2 amide bonds. The quantitative estimate of drug-likeness (QED) is 0.264. The standard InChI is InChI=1S/C28H42N4O10/c1-13-12-16(24(37)30-15-8-6-14(7-9-15)28(2,3)4)40-26(18(13)34)42-22(23(29)36)21-20(39-5)19(35)25(41-21)32-11-10-17(33)31-27(32)38/h10-15,18-22,25-26,34-35H,6-9H2,1-5H3,(H2,29,36)(H,30,37)(H,31,33,38)/t13-,14?,15?,18-,19+,20-,21-,22+,25+,26+/m0/s1. The molecule has 1 aromatic heterocycles. The van der Waals surface area contributed by atoms with Crippen molar-refractivity contribution < 1.29 is 38.7 Å². The molecule has 0 spiro atoms. The lowest BCUT2D eigenvalue weighted by Gasteiger charge is -2.38. The first-order valence-electron chi connectivity index (χ1n) is 14.2. The topological polar surface area (TPSA) is 204 Å². The summed E-state index contributed by atoms with van der Waals surface area (Å²) in [5.74, 6) is -1.56. The maximum absolute atomic E-state index is 13.1. The third-order valence-corrected chi connectivity index (χ3v) is 8.49. The monoisotopic (exact) mass is 594 g/mol. The van der Waals surface area contributed by atoms with Gasteiger partial charge < -0.3 is 40.2 Å². The van der Waals surface area contributed by atoms with Gasteiger partial charge in [0.05, 0.1) is 0 Å². The van der Waals surface area contributed by atoms with Crippen LogP contribution in [0.15, 0.2) is 33.7 Å². The van der Waals surface area contributed by atoms with Crippen LogP contribution in [-0.4, -0.2) is 81.5 Å². The summed E-state index contributed by atoms with van der Waals surface area (Å²) in [6, 6.07) is 1.04. The number of primary amides is 1. The lowest BCUT2D eigenvalue weighted by atomic mass is 9.71. The third kappa shape index (κ3) is 6.78. The first kappa shape index (κ1) is 31.9. The van der Waals surface area contributed by atoms with Crippen LogP contribution in [0, 0.1) is 17.3 Å². The molecule has 14 nitrogen and oxygen atoms in total.